The summed E-state index contributed by atoms with van der Waals surface area (Å²) in [5.74, 6) is 0.641. The van der Waals surface area contributed by atoms with E-state index in [0.717, 1.165) is 37.1 Å². The lowest BCUT2D eigenvalue weighted by Gasteiger charge is -2.23. The van der Waals surface area contributed by atoms with E-state index >= 15 is 0 Å². The molecule has 0 saturated heterocycles. The Morgan fingerprint density at radius 2 is 2.15 bits per heavy atom. The minimum absolute atomic E-state index is 0.0183. The first-order valence-electron chi connectivity index (χ1n) is 9.35. The number of anilines is 1. The van der Waals surface area contributed by atoms with Crippen molar-refractivity contribution in [2.24, 2.45) is 0 Å². The topological polar surface area (TPSA) is 65.9 Å². The molecule has 1 aromatic carbocycles. The van der Waals surface area contributed by atoms with Crippen LogP contribution in [0.5, 0.6) is 0 Å². The van der Waals surface area contributed by atoms with E-state index in [9.17, 15) is 4.79 Å². The smallest absolute Gasteiger partial charge is 0.276 e. The maximum atomic E-state index is 12.8. The average Bonchev–Trinajstić information content (AvgIpc) is 3.03. The van der Waals surface area contributed by atoms with Crippen molar-refractivity contribution in [3.63, 3.8) is 0 Å². The van der Waals surface area contributed by atoms with Crippen LogP contribution in [-0.2, 0) is 19.4 Å². The number of hydrogen-bond acceptors (Lipinski definition) is 4. The van der Waals surface area contributed by atoms with Crippen LogP contribution in [0.25, 0.3) is 5.82 Å². The van der Waals surface area contributed by atoms with Gasteiger partial charge in [-0.05, 0) is 49.1 Å². The summed E-state index contributed by atoms with van der Waals surface area (Å²) in [5, 5.41) is 6.87. The van der Waals surface area contributed by atoms with Gasteiger partial charge < -0.3 is 10.2 Å². The second-order valence-electron chi connectivity index (χ2n) is 7.28. The van der Waals surface area contributed by atoms with E-state index in [1.165, 1.54) is 11.3 Å². The third-order valence-corrected chi connectivity index (χ3v) is 5.17. The molecule has 1 atom stereocenters. The van der Waals surface area contributed by atoms with Crippen molar-refractivity contribution in [2.75, 3.05) is 19.0 Å². The van der Waals surface area contributed by atoms with Crippen molar-refractivity contribution >= 4 is 5.69 Å². The van der Waals surface area contributed by atoms with E-state index in [2.05, 4.69) is 44.6 Å². The lowest BCUT2D eigenvalue weighted by atomic mass is 9.93. The van der Waals surface area contributed by atoms with Gasteiger partial charge in [0, 0.05) is 49.8 Å². The Morgan fingerprint density at radius 3 is 2.93 bits per heavy atom. The summed E-state index contributed by atoms with van der Waals surface area (Å²) < 4.78 is 1.56. The Balaban J connectivity index is 1.47. The Bertz CT molecular complexity index is 974. The van der Waals surface area contributed by atoms with Crippen molar-refractivity contribution in [3.05, 3.63) is 75.8 Å². The lowest BCUT2D eigenvalue weighted by molar-refractivity contribution is 0.454. The summed E-state index contributed by atoms with van der Waals surface area (Å²) in [6.45, 7) is 0.806. The molecule has 1 aliphatic rings. The van der Waals surface area contributed by atoms with Crippen LogP contribution in [0.1, 0.15) is 23.2 Å². The number of aryl methyl sites for hydroxylation is 1. The molecule has 6 heteroatoms. The van der Waals surface area contributed by atoms with Crippen molar-refractivity contribution in [1.29, 1.82) is 0 Å². The Kier molecular flexibility index (Phi) is 4.81. The van der Waals surface area contributed by atoms with Crippen molar-refractivity contribution < 1.29 is 0 Å². The Morgan fingerprint density at radius 1 is 1.26 bits per heavy atom. The molecule has 0 bridgehead atoms. The third kappa shape index (κ3) is 3.66. The first kappa shape index (κ1) is 17.5. The van der Waals surface area contributed by atoms with Crippen LogP contribution < -0.4 is 15.8 Å². The van der Waals surface area contributed by atoms with Crippen LogP contribution in [-0.4, -0.2) is 34.9 Å². The first-order valence-corrected chi connectivity index (χ1v) is 9.35. The van der Waals surface area contributed by atoms with Gasteiger partial charge in [0.2, 0.25) is 0 Å². The van der Waals surface area contributed by atoms with Gasteiger partial charge in [-0.25, -0.2) is 9.67 Å². The number of nitrogens with zero attached hydrogens (tertiary/aromatic N) is 3. The molecular weight excluding hydrogens is 338 g/mol. The van der Waals surface area contributed by atoms with Crippen molar-refractivity contribution in [2.45, 2.75) is 31.8 Å². The fourth-order valence-electron chi connectivity index (χ4n) is 3.63. The normalized spacial score (nSPS) is 16.1. The molecule has 1 unspecified atom stereocenters. The number of pyridine rings is 1. The minimum atomic E-state index is 0.0183. The quantitative estimate of drug-likeness (QED) is 0.730. The zero-order valence-corrected chi connectivity index (χ0v) is 15.8. The molecule has 4 rings (SSSR count). The molecule has 3 aromatic rings. The van der Waals surface area contributed by atoms with Crippen LogP contribution >= 0.6 is 0 Å². The van der Waals surface area contributed by atoms with Crippen LogP contribution in [0.4, 0.5) is 5.69 Å². The second-order valence-corrected chi connectivity index (χ2v) is 7.28. The van der Waals surface area contributed by atoms with Gasteiger partial charge in [0.1, 0.15) is 0 Å². The molecule has 6 nitrogen and oxygen atoms in total. The maximum absolute atomic E-state index is 12.8. The molecule has 0 radical (unpaired) electrons. The Labute approximate surface area is 158 Å². The zero-order chi connectivity index (χ0) is 18.8. The highest BCUT2D eigenvalue weighted by Gasteiger charge is 2.24. The van der Waals surface area contributed by atoms with Gasteiger partial charge in [-0.1, -0.05) is 18.2 Å². The highest BCUT2D eigenvalue weighted by Crippen LogP contribution is 2.19. The largest absolute Gasteiger partial charge is 0.378 e. The highest BCUT2D eigenvalue weighted by molar-refractivity contribution is 5.47. The van der Waals surface area contributed by atoms with Gasteiger partial charge in [-0.15, -0.1) is 0 Å². The summed E-state index contributed by atoms with van der Waals surface area (Å²) in [5.41, 5.74) is 4.39. The molecule has 0 spiro atoms. The minimum Gasteiger partial charge on any atom is -0.378 e. The number of nitrogens with one attached hydrogen (secondary N) is 2. The van der Waals surface area contributed by atoms with Crippen molar-refractivity contribution in [3.8, 4) is 5.82 Å². The monoisotopic (exact) mass is 363 g/mol. The summed E-state index contributed by atoms with van der Waals surface area (Å²) >= 11 is 0. The van der Waals surface area contributed by atoms with E-state index in [-0.39, 0.29) is 5.56 Å². The molecule has 2 aromatic heterocycles. The molecule has 27 heavy (non-hydrogen) atoms. The van der Waals surface area contributed by atoms with E-state index in [0.29, 0.717) is 11.9 Å². The summed E-state index contributed by atoms with van der Waals surface area (Å²) in [4.78, 5) is 19.2. The number of fused-ring (bicyclic) bond motifs is 1. The van der Waals surface area contributed by atoms with Gasteiger partial charge in [0.05, 0.1) is 0 Å². The predicted octanol–water partition coefficient (Wildman–Crippen LogP) is 2.27. The van der Waals surface area contributed by atoms with E-state index in [4.69, 9.17) is 0 Å². The number of H-pyrrole nitrogens is 1. The molecule has 0 fully saturated rings. The van der Waals surface area contributed by atoms with Gasteiger partial charge in [0.25, 0.3) is 5.56 Å². The molecule has 140 valence electrons. The highest BCUT2D eigenvalue weighted by atomic mass is 16.1. The predicted molar refractivity (Wildman–Crippen MR) is 108 cm³/mol. The van der Waals surface area contributed by atoms with E-state index < -0.39 is 0 Å². The molecule has 2 heterocycles. The van der Waals surface area contributed by atoms with Crippen LogP contribution in [0.3, 0.4) is 0 Å². The average molecular weight is 363 g/mol. The SMILES string of the molecule is CN(C)c1cccc(CNC2CCc3[nH]n(-c4ccccn4)c(=O)c3C2)c1. The van der Waals surface area contributed by atoms with Gasteiger partial charge in [-0.2, -0.15) is 0 Å². The molecule has 1 aliphatic carbocycles. The fourth-order valence-corrected chi connectivity index (χ4v) is 3.63. The number of hydrogen-bond donors (Lipinski definition) is 2. The zero-order valence-electron chi connectivity index (χ0n) is 15.8. The first-order chi connectivity index (χ1) is 13.1. The number of rotatable bonds is 5. The molecule has 2 N–H and O–H groups in total. The molecule has 0 amide bonds. The second kappa shape index (κ2) is 7.40. The standard InChI is InChI=1S/C21H25N5O/c1-25(2)17-7-5-6-15(12-17)14-23-16-9-10-19-18(13-16)21(27)26(24-19)20-8-3-4-11-22-20/h3-8,11-12,16,23-24H,9-10,13-14H2,1-2H3. The molecule has 0 aliphatic heterocycles. The summed E-state index contributed by atoms with van der Waals surface area (Å²) in [6, 6.07) is 14.4. The molecule has 0 saturated carbocycles. The van der Waals surface area contributed by atoms with Crippen molar-refractivity contribution in [1.82, 2.24) is 20.1 Å². The molecular formula is C21H25N5O. The number of aromatic amines is 1. The summed E-state index contributed by atoms with van der Waals surface area (Å²) in [6.07, 6.45) is 4.34. The van der Waals surface area contributed by atoms with Crippen LogP contribution in [0, 0.1) is 0 Å². The van der Waals surface area contributed by atoms with Crippen LogP contribution in [0.2, 0.25) is 0 Å². The number of aromatic nitrogens is 3. The maximum Gasteiger partial charge on any atom is 0.276 e. The summed E-state index contributed by atoms with van der Waals surface area (Å²) in [7, 11) is 4.10. The van der Waals surface area contributed by atoms with Gasteiger partial charge in [0.15, 0.2) is 5.82 Å². The van der Waals surface area contributed by atoms with E-state index in [1.54, 1.807) is 10.9 Å². The van der Waals surface area contributed by atoms with E-state index in [1.807, 2.05) is 32.3 Å². The fraction of sp³-hybridized carbons (Fsp3) is 0.333. The Hall–Kier alpha value is -2.86. The third-order valence-electron chi connectivity index (χ3n) is 5.17. The number of benzene rings is 1. The van der Waals surface area contributed by atoms with Crippen LogP contribution in [0.15, 0.2) is 53.5 Å². The van der Waals surface area contributed by atoms with Gasteiger partial charge in [-0.3, -0.25) is 9.89 Å². The lowest BCUT2D eigenvalue weighted by Crippen LogP contribution is -2.35. The van der Waals surface area contributed by atoms with Gasteiger partial charge >= 0.3 is 0 Å².